The molecule has 1 fully saturated rings. The largest absolute Gasteiger partial charge is 0.342 e. The predicted octanol–water partition coefficient (Wildman–Crippen LogP) is 3.28. The van der Waals surface area contributed by atoms with Crippen molar-refractivity contribution in [3.05, 3.63) is 46.5 Å². The third-order valence-corrected chi connectivity index (χ3v) is 5.42. The Kier molecular flexibility index (Phi) is 4.00. The van der Waals surface area contributed by atoms with Gasteiger partial charge in [0.25, 0.3) is 5.91 Å². The van der Waals surface area contributed by atoms with Crippen LogP contribution in [0.25, 0.3) is 11.0 Å². The Morgan fingerprint density at radius 3 is 2.88 bits per heavy atom. The second-order valence-electron chi connectivity index (χ2n) is 6.60. The summed E-state index contributed by atoms with van der Waals surface area (Å²) in [5.74, 6) is 1.05. The average Bonchev–Trinajstić information content (AvgIpc) is 3.18. The van der Waals surface area contributed by atoms with Crippen LogP contribution in [0.4, 0.5) is 0 Å². The molecular formula is C18H20ClN5O. The van der Waals surface area contributed by atoms with E-state index in [1.807, 2.05) is 36.1 Å². The Bertz CT molecular complexity index is 911. The molecule has 1 saturated heterocycles. The van der Waals surface area contributed by atoms with Gasteiger partial charge in [-0.25, -0.2) is 4.98 Å². The molecule has 6 nitrogen and oxygen atoms in total. The van der Waals surface area contributed by atoms with Crippen molar-refractivity contribution in [1.82, 2.24) is 24.6 Å². The second kappa shape index (κ2) is 6.19. The number of nitrogens with zero attached hydrogens (tertiary/aromatic N) is 4. The van der Waals surface area contributed by atoms with Gasteiger partial charge in [-0.1, -0.05) is 23.7 Å². The Hall–Kier alpha value is -2.34. The van der Waals surface area contributed by atoms with Gasteiger partial charge in [0.05, 0.1) is 21.7 Å². The van der Waals surface area contributed by atoms with Crippen LogP contribution in [0.3, 0.4) is 0 Å². The number of imidazole rings is 1. The fourth-order valence-electron chi connectivity index (χ4n) is 3.42. The number of para-hydroxylation sites is 2. The number of aryl methyl sites for hydroxylation is 1. The number of amides is 1. The lowest BCUT2D eigenvalue weighted by atomic mass is 9.97. The van der Waals surface area contributed by atoms with Crippen molar-refractivity contribution in [2.75, 3.05) is 13.1 Å². The van der Waals surface area contributed by atoms with Crippen LogP contribution in [-0.2, 0) is 7.05 Å². The Morgan fingerprint density at radius 1 is 1.36 bits per heavy atom. The summed E-state index contributed by atoms with van der Waals surface area (Å²) < 4.78 is 1.65. The van der Waals surface area contributed by atoms with E-state index in [0.29, 0.717) is 17.3 Å². The lowest BCUT2D eigenvalue weighted by molar-refractivity contribution is 0.0698. The highest BCUT2D eigenvalue weighted by Crippen LogP contribution is 2.29. The van der Waals surface area contributed by atoms with Crippen molar-refractivity contribution in [3.8, 4) is 0 Å². The fourth-order valence-corrected chi connectivity index (χ4v) is 3.66. The summed E-state index contributed by atoms with van der Waals surface area (Å²) in [7, 11) is 1.80. The minimum Gasteiger partial charge on any atom is -0.342 e. The van der Waals surface area contributed by atoms with Crippen molar-refractivity contribution in [2.45, 2.75) is 25.7 Å². The molecule has 1 atom stereocenters. The minimum absolute atomic E-state index is 0.102. The number of halogens is 1. The average molecular weight is 358 g/mol. The molecule has 0 bridgehead atoms. The molecule has 0 aliphatic carbocycles. The second-order valence-corrected chi connectivity index (χ2v) is 6.98. The number of likely N-dealkylation sites (tertiary alicyclic amines) is 1. The first-order valence-corrected chi connectivity index (χ1v) is 8.85. The van der Waals surface area contributed by atoms with Crippen LogP contribution < -0.4 is 0 Å². The number of benzene rings is 1. The van der Waals surface area contributed by atoms with Gasteiger partial charge >= 0.3 is 0 Å². The number of carbonyl (C=O) groups excluding carboxylic acids is 1. The highest BCUT2D eigenvalue weighted by Gasteiger charge is 2.30. The van der Waals surface area contributed by atoms with Crippen LogP contribution in [-0.4, -0.2) is 43.6 Å². The zero-order valence-electron chi connectivity index (χ0n) is 14.3. The van der Waals surface area contributed by atoms with E-state index in [0.717, 1.165) is 41.9 Å². The Labute approximate surface area is 150 Å². The maximum Gasteiger partial charge on any atom is 0.275 e. The topological polar surface area (TPSA) is 66.8 Å². The number of aromatic amines is 1. The van der Waals surface area contributed by atoms with Crippen LogP contribution >= 0.6 is 11.6 Å². The molecule has 0 unspecified atom stereocenters. The monoisotopic (exact) mass is 357 g/mol. The predicted molar refractivity (Wildman–Crippen MR) is 96.9 cm³/mol. The lowest BCUT2D eigenvalue weighted by Gasteiger charge is -2.31. The number of nitrogens with one attached hydrogen (secondary N) is 1. The van der Waals surface area contributed by atoms with Crippen LogP contribution in [0.15, 0.2) is 24.3 Å². The number of carbonyl (C=O) groups is 1. The number of aromatic nitrogens is 4. The number of fused-ring (bicyclic) bond motifs is 1. The van der Waals surface area contributed by atoms with Gasteiger partial charge in [-0.05, 0) is 31.9 Å². The van der Waals surface area contributed by atoms with Crippen molar-refractivity contribution in [2.24, 2.45) is 7.05 Å². The van der Waals surface area contributed by atoms with Gasteiger partial charge in [0.15, 0.2) is 5.69 Å². The Balaban J connectivity index is 1.58. The van der Waals surface area contributed by atoms with Gasteiger partial charge in [-0.15, -0.1) is 0 Å². The third-order valence-electron chi connectivity index (χ3n) is 4.97. The molecule has 25 heavy (non-hydrogen) atoms. The number of hydrogen-bond donors (Lipinski definition) is 1. The summed E-state index contributed by atoms with van der Waals surface area (Å²) in [6.07, 6.45) is 1.95. The molecule has 2 aromatic heterocycles. The van der Waals surface area contributed by atoms with Crippen molar-refractivity contribution < 1.29 is 4.79 Å². The molecule has 1 aliphatic heterocycles. The zero-order chi connectivity index (χ0) is 17.6. The molecule has 1 amide bonds. The first-order valence-electron chi connectivity index (χ1n) is 8.47. The SMILES string of the molecule is Cc1c(Cl)c(C(=O)N2CCC[C@@H](c3nc4ccccc4[nH]3)C2)nn1C. The van der Waals surface area contributed by atoms with Crippen molar-refractivity contribution in [3.63, 3.8) is 0 Å². The third kappa shape index (κ3) is 2.80. The van der Waals surface area contributed by atoms with Gasteiger partial charge in [0.1, 0.15) is 5.82 Å². The smallest absolute Gasteiger partial charge is 0.275 e. The minimum atomic E-state index is -0.102. The van der Waals surface area contributed by atoms with Crippen LogP contribution in [0.1, 0.15) is 40.8 Å². The summed E-state index contributed by atoms with van der Waals surface area (Å²) in [6.45, 7) is 3.21. The van der Waals surface area contributed by atoms with E-state index < -0.39 is 0 Å². The summed E-state index contributed by atoms with van der Waals surface area (Å²) >= 11 is 6.29. The normalized spacial score (nSPS) is 18.0. The van der Waals surface area contributed by atoms with E-state index in [4.69, 9.17) is 16.6 Å². The molecule has 3 aromatic rings. The highest BCUT2D eigenvalue weighted by molar-refractivity contribution is 6.34. The Morgan fingerprint density at radius 2 is 2.16 bits per heavy atom. The van der Waals surface area contributed by atoms with Gasteiger partial charge in [-0.2, -0.15) is 5.10 Å². The quantitative estimate of drug-likeness (QED) is 0.765. The molecular weight excluding hydrogens is 338 g/mol. The van der Waals surface area contributed by atoms with Crippen LogP contribution in [0.2, 0.25) is 5.02 Å². The van der Waals surface area contributed by atoms with Crippen molar-refractivity contribution >= 4 is 28.5 Å². The first kappa shape index (κ1) is 16.1. The molecule has 1 aromatic carbocycles. The van der Waals surface area contributed by atoms with E-state index in [1.165, 1.54) is 0 Å². The molecule has 130 valence electrons. The van der Waals surface area contributed by atoms with E-state index in [1.54, 1.807) is 11.7 Å². The van der Waals surface area contributed by atoms with Gasteiger partial charge in [0.2, 0.25) is 0 Å². The number of piperidine rings is 1. The molecule has 0 saturated carbocycles. The fraction of sp³-hybridized carbons (Fsp3) is 0.389. The van der Waals surface area contributed by atoms with Gasteiger partial charge in [0, 0.05) is 26.1 Å². The van der Waals surface area contributed by atoms with Crippen LogP contribution in [0.5, 0.6) is 0 Å². The highest BCUT2D eigenvalue weighted by atomic mass is 35.5. The first-order chi connectivity index (χ1) is 12.0. The molecule has 0 radical (unpaired) electrons. The zero-order valence-corrected chi connectivity index (χ0v) is 15.0. The molecule has 3 heterocycles. The maximum atomic E-state index is 12.9. The molecule has 0 spiro atoms. The summed E-state index contributed by atoms with van der Waals surface area (Å²) in [4.78, 5) is 22.8. The molecule has 1 aliphatic rings. The van der Waals surface area contributed by atoms with E-state index in [-0.39, 0.29) is 11.8 Å². The standard InChI is InChI=1S/C18H20ClN5O/c1-11-15(19)16(22-23(11)2)18(25)24-9-5-6-12(10-24)17-20-13-7-3-4-8-14(13)21-17/h3-4,7-8,12H,5-6,9-10H2,1-2H3,(H,20,21)/t12-/m1/s1. The molecule has 4 rings (SSSR count). The van der Waals surface area contributed by atoms with Crippen LogP contribution in [0, 0.1) is 6.92 Å². The molecule has 1 N–H and O–H groups in total. The number of H-pyrrole nitrogens is 1. The molecule has 7 heteroatoms. The summed E-state index contributed by atoms with van der Waals surface area (Å²) in [6, 6.07) is 7.99. The van der Waals surface area contributed by atoms with E-state index in [9.17, 15) is 4.79 Å². The number of rotatable bonds is 2. The summed E-state index contributed by atoms with van der Waals surface area (Å²) in [5, 5.41) is 4.73. The van der Waals surface area contributed by atoms with E-state index in [2.05, 4.69) is 10.1 Å². The van der Waals surface area contributed by atoms with Gasteiger partial charge < -0.3 is 9.88 Å². The lowest BCUT2D eigenvalue weighted by Crippen LogP contribution is -2.39. The van der Waals surface area contributed by atoms with Gasteiger partial charge in [-0.3, -0.25) is 9.48 Å². The summed E-state index contributed by atoms with van der Waals surface area (Å²) in [5.41, 5.74) is 3.14. The van der Waals surface area contributed by atoms with Crippen molar-refractivity contribution in [1.29, 1.82) is 0 Å². The number of hydrogen-bond acceptors (Lipinski definition) is 3. The van der Waals surface area contributed by atoms with E-state index >= 15 is 0 Å². The maximum absolute atomic E-state index is 12.9.